The average molecular weight is 249 g/mol. The molecule has 1 rings (SSSR count). The molecule has 0 fully saturated rings. The Labute approximate surface area is 93.4 Å². The molecule has 0 aromatic heterocycles. The minimum Gasteiger partial charge on any atom is -0.376 e. The summed E-state index contributed by atoms with van der Waals surface area (Å²) in [6.07, 6.45) is -1.51. The molecule has 1 aromatic carbocycles. The van der Waals surface area contributed by atoms with Crippen molar-refractivity contribution in [3.05, 3.63) is 24.3 Å². The first-order valence-electron chi connectivity index (χ1n) is 4.66. The number of halogens is 2. The van der Waals surface area contributed by atoms with E-state index in [0.29, 0.717) is 0 Å². The molecule has 1 atom stereocenters. The highest BCUT2D eigenvalue weighted by molar-refractivity contribution is 7.90. The normalized spacial score (nSPS) is 13.8. The zero-order valence-electron chi connectivity index (χ0n) is 8.94. The third kappa shape index (κ3) is 3.16. The van der Waals surface area contributed by atoms with Gasteiger partial charge in [-0.3, -0.25) is 0 Å². The van der Waals surface area contributed by atoms with Gasteiger partial charge < -0.3 is 5.32 Å². The van der Waals surface area contributed by atoms with Crippen molar-refractivity contribution >= 4 is 15.5 Å². The Morgan fingerprint density at radius 3 is 2.31 bits per heavy atom. The predicted octanol–water partition coefficient (Wildman–Crippen LogP) is 2.16. The van der Waals surface area contributed by atoms with Crippen LogP contribution >= 0.6 is 0 Å². The van der Waals surface area contributed by atoms with Gasteiger partial charge in [-0.05, 0) is 19.1 Å². The number of anilines is 1. The van der Waals surface area contributed by atoms with E-state index in [1.165, 1.54) is 19.1 Å². The number of alkyl halides is 2. The van der Waals surface area contributed by atoms with Crippen LogP contribution in [0.5, 0.6) is 0 Å². The highest BCUT2D eigenvalue weighted by Gasteiger charge is 2.18. The minimum absolute atomic E-state index is 0.0301. The number of nitrogens with one attached hydrogen (secondary N) is 1. The van der Waals surface area contributed by atoms with Gasteiger partial charge in [0.1, 0.15) is 0 Å². The quantitative estimate of drug-likeness (QED) is 0.889. The van der Waals surface area contributed by atoms with Gasteiger partial charge in [0.25, 0.3) is 6.43 Å². The van der Waals surface area contributed by atoms with Crippen molar-refractivity contribution in [1.29, 1.82) is 0 Å². The Kier molecular flexibility index (Phi) is 3.85. The third-order valence-corrected chi connectivity index (χ3v) is 3.20. The third-order valence-electron chi connectivity index (χ3n) is 2.05. The van der Waals surface area contributed by atoms with E-state index in [1.54, 1.807) is 12.1 Å². The average Bonchev–Trinajstić information content (AvgIpc) is 2.16. The second-order valence-corrected chi connectivity index (χ2v) is 5.52. The standard InChI is InChI=1S/C10H13F2NO2S/c1-7(10(11)12)13-8-5-3-4-6-9(8)16(2,14)15/h3-7,10,13H,1-2H3. The highest BCUT2D eigenvalue weighted by atomic mass is 32.2. The van der Waals surface area contributed by atoms with E-state index in [2.05, 4.69) is 5.32 Å². The maximum atomic E-state index is 12.3. The van der Waals surface area contributed by atoms with Crippen molar-refractivity contribution in [2.45, 2.75) is 24.3 Å². The van der Waals surface area contributed by atoms with Gasteiger partial charge in [0.15, 0.2) is 9.84 Å². The molecule has 0 heterocycles. The van der Waals surface area contributed by atoms with Crippen molar-refractivity contribution in [2.24, 2.45) is 0 Å². The summed E-state index contributed by atoms with van der Waals surface area (Å²) in [6.45, 7) is 1.30. The monoisotopic (exact) mass is 249 g/mol. The molecule has 1 N–H and O–H groups in total. The van der Waals surface area contributed by atoms with Crippen LogP contribution in [0.3, 0.4) is 0 Å². The van der Waals surface area contributed by atoms with Crippen molar-refractivity contribution in [1.82, 2.24) is 0 Å². The van der Waals surface area contributed by atoms with Crippen LogP contribution in [-0.2, 0) is 9.84 Å². The van der Waals surface area contributed by atoms with Crippen LogP contribution in [0.2, 0.25) is 0 Å². The summed E-state index contributed by atoms with van der Waals surface area (Å²) in [5.41, 5.74) is 0.206. The Bertz CT molecular complexity index is 460. The summed E-state index contributed by atoms with van der Waals surface area (Å²) in [6, 6.07) is 4.90. The molecule has 0 aliphatic carbocycles. The molecule has 1 unspecified atom stereocenters. The topological polar surface area (TPSA) is 46.2 Å². The highest BCUT2D eigenvalue weighted by Crippen LogP contribution is 2.22. The van der Waals surface area contributed by atoms with Crippen LogP contribution in [0.1, 0.15) is 6.92 Å². The van der Waals surface area contributed by atoms with Crippen LogP contribution in [0.15, 0.2) is 29.2 Å². The maximum Gasteiger partial charge on any atom is 0.258 e. The second-order valence-electron chi connectivity index (χ2n) is 3.54. The van der Waals surface area contributed by atoms with Crippen LogP contribution in [0.25, 0.3) is 0 Å². The van der Waals surface area contributed by atoms with E-state index in [-0.39, 0.29) is 10.6 Å². The van der Waals surface area contributed by atoms with Crippen molar-refractivity contribution in [3.8, 4) is 0 Å². The van der Waals surface area contributed by atoms with E-state index in [1.807, 2.05) is 0 Å². The van der Waals surface area contributed by atoms with E-state index >= 15 is 0 Å². The molecule has 0 aliphatic rings. The number of hydrogen-bond donors (Lipinski definition) is 1. The van der Waals surface area contributed by atoms with Crippen LogP contribution < -0.4 is 5.32 Å². The van der Waals surface area contributed by atoms with Gasteiger partial charge in [-0.1, -0.05) is 12.1 Å². The molecular weight excluding hydrogens is 236 g/mol. The molecule has 0 radical (unpaired) electrons. The van der Waals surface area contributed by atoms with Gasteiger partial charge in [0.2, 0.25) is 0 Å². The SMILES string of the molecule is CC(Nc1ccccc1S(C)(=O)=O)C(F)F. The molecule has 0 bridgehead atoms. The van der Waals surface area contributed by atoms with E-state index < -0.39 is 22.3 Å². The molecule has 3 nitrogen and oxygen atoms in total. The Morgan fingerprint density at radius 2 is 1.81 bits per heavy atom. The van der Waals surface area contributed by atoms with Crippen molar-refractivity contribution in [2.75, 3.05) is 11.6 Å². The Hall–Kier alpha value is -1.17. The van der Waals surface area contributed by atoms with E-state index in [9.17, 15) is 17.2 Å². The molecule has 0 saturated carbocycles. The zero-order valence-corrected chi connectivity index (χ0v) is 9.76. The molecule has 90 valence electrons. The van der Waals surface area contributed by atoms with Crippen LogP contribution in [0.4, 0.5) is 14.5 Å². The Morgan fingerprint density at radius 1 is 1.25 bits per heavy atom. The van der Waals surface area contributed by atoms with Gasteiger partial charge in [0, 0.05) is 6.26 Å². The van der Waals surface area contributed by atoms with Gasteiger partial charge in [0.05, 0.1) is 16.6 Å². The van der Waals surface area contributed by atoms with E-state index in [4.69, 9.17) is 0 Å². The first kappa shape index (κ1) is 12.9. The maximum absolute atomic E-state index is 12.3. The van der Waals surface area contributed by atoms with Crippen molar-refractivity contribution < 1.29 is 17.2 Å². The summed E-state index contributed by atoms with van der Waals surface area (Å²) < 4.78 is 47.4. The minimum atomic E-state index is -3.41. The fourth-order valence-corrected chi connectivity index (χ4v) is 2.07. The van der Waals surface area contributed by atoms with Gasteiger partial charge in [-0.25, -0.2) is 17.2 Å². The summed E-state index contributed by atoms with van der Waals surface area (Å²) >= 11 is 0. The molecule has 0 spiro atoms. The largest absolute Gasteiger partial charge is 0.376 e. The lowest BCUT2D eigenvalue weighted by Crippen LogP contribution is -2.24. The first-order chi connectivity index (χ1) is 7.32. The number of rotatable bonds is 4. The predicted molar refractivity (Wildman–Crippen MR) is 58.6 cm³/mol. The summed E-state index contributed by atoms with van der Waals surface area (Å²) in [5, 5.41) is 2.49. The molecule has 16 heavy (non-hydrogen) atoms. The molecular formula is C10H13F2NO2S. The number of hydrogen-bond acceptors (Lipinski definition) is 3. The molecule has 0 amide bonds. The summed E-state index contributed by atoms with van der Waals surface area (Å²) in [7, 11) is -3.41. The van der Waals surface area contributed by atoms with Crippen LogP contribution in [-0.4, -0.2) is 27.1 Å². The first-order valence-corrected chi connectivity index (χ1v) is 6.55. The van der Waals surface area contributed by atoms with Gasteiger partial charge >= 0.3 is 0 Å². The number of benzene rings is 1. The van der Waals surface area contributed by atoms with Gasteiger partial charge in [-0.15, -0.1) is 0 Å². The van der Waals surface area contributed by atoms with Crippen LogP contribution in [0, 0.1) is 0 Å². The number of sulfone groups is 1. The zero-order chi connectivity index (χ0) is 12.3. The van der Waals surface area contributed by atoms with Gasteiger partial charge in [-0.2, -0.15) is 0 Å². The fraction of sp³-hybridized carbons (Fsp3) is 0.400. The van der Waals surface area contributed by atoms with Crippen molar-refractivity contribution in [3.63, 3.8) is 0 Å². The summed E-state index contributed by atoms with van der Waals surface area (Å²) in [4.78, 5) is 0.0301. The number of para-hydroxylation sites is 1. The molecule has 0 saturated heterocycles. The smallest absolute Gasteiger partial charge is 0.258 e. The summed E-state index contributed by atoms with van der Waals surface area (Å²) in [5.74, 6) is 0. The molecule has 0 aliphatic heterocycles. The lowest BCUT2D eigenvalue weighted by atomic mass is 10.2. The van der Waals surface area contributed by atoms with E-state index in [0.717, 1.165) is 6.26 Å². The molecule has 1 aromatic rings. The fourth-order valence-electron chi connectivity index (χ4n) is 1.22. The molecule has 6 heteroatoms. The Balaban J connectivity index is 3.06. The lowest BCUT2D eigenvalue weighted by Gasteiger charge is -2.16. The lowest BCUT2D eigenvalue weighted by molar-refractivity contribution is 0.130. The second kappa shape index (κ2) is 4.78.